The minimum atomic E-state index is -0.135. The Morgan fingerprint density at radius 3 is 2.65 bits per heavy atom. The average Bonchev–Trinajstić information content (AvgIpc) is 2.66. The third-order valence-electron chi connectivity index (χ3n) is 3.34. The Hall–Kier alpha value is -0.780. The summed E-state index contributed by atoms with van der Waals surface area (Å²) in [6.45, 7) is 3.81. The predicted octanol–water partition coefficient (Wildman–Crippen LogP) is 0.774. The lowest BCUT2D eigenvalue weighted by atomic mass is 10.3. The van der Waals surface area contributed by atoms with Crippen molar-refractivity contribution in [3.8, 4) is 0 Å². The number of carbonyl (C=O) groups is 1. The van der Waals surface area contributed by atoms with Crippen LogP contribution in [0.5, 0.6) is 0 Å². The van der Waals surface area contributed by atoms with E-state index in [0.29, 0.717) is 29.3 Å². The molecule has 2 fully saturated rings. The van der Waals surface area contributed by atoms with Gasteiger partial charge in [-0.1, -0.05) is 0 Å². The zero-order valence-electron chi connectivity index (χ0n) is 9.30. The number of aryl methyl sites for hydroxylation is 1. The summed E-state index contributed by atoms with van der Waals surface area (Å²) >= 11 is 0. The first-order chi connectivity index (χ1) is 7.27. The quantitative estimate of drug-likeness (QED) is 0.840. The number of carbonyl (C=O) groups excluding carboxylic acids is 1. The van der Waals surface area contributed by atoms with E-state index in [0.717, 1.165) is 13.1 Å². The van der Waals surface area contributed by atoms with E-state index in [1.165, 1.54) is 6.39 Å². The van der Waals surface area contributed by atoms with Gasteiger partial charge in [-0.05, 0) is 18.8 Å². The number of oxazole rings is 1. The molecule has 1 aromatic heterocycles. The first-order valence-electron chi connectivity index (χ1n) is 5.19. The van der Waals surface area contributed by atoms with Crippen LogP contribution in [0.25, 0.3) is 0 Å². The molecule has 1 aliphatic carbocycles. The Kier molecular flexibility index (Phi) is 4.41. The molecule has 0 radical (unpaired) electrons. The first kappa shape index (κ1) is 14.3. The number of amides is 1. The second-order valence-electron chi connectivity index (χ2n) is 4.25. The highest BCUT2D eigenvalue weighted by atomic mass is 35.5. The zero-order chi connectivity index (χ0) is 10.4. The SMILES string of the molecule is Cc1ncoc1C(=O)NC1C2CNCC21.Cl.Cl. The van der Waals surface area contributed by atoms with E-state index >= 15 is 0 Å². The van der Waals surface area contributed by atoms with E-state index in [1.807, 2.05) is 0 Å². The zero-order valence-corrected chi connectivity index (χ0v) is 10.9. The maximum atomic E-state index is 11.7. The molecule has 0 aromatic carbocycles. The number of rotatable bonds is 2. The molecule has 2 heterocycles. The van der Waals surface area contributed by atoms with Crippen molar-refractivity contribution in [3.63, 3.8) is 0 Å². The maximum absolute atomic E-state index is 11.7. The lowest BCUT2D eigenvalue weighted by Crippen LogP contribution is -2.32. The molecule has 3 rings (SSSR count). The van der Waals surface area contributed by atoms with Gasteiger partial charge in [0.1, 0.15) is 0 Å². The van der Waals surface area contributed by atoms with Crippen molar-refractivity contribution < 1.29 is 9.21 Å². The molecule has 0 spiro atoms. The summed E-state index contributed by atoms with van der Waals surface area (Å²) in [6.07, 6.45) is 1.31. The van der Waals surface area contributed by atoms with E-state index in [-0.39, 0.29) is 30.7 Å². The van der Waals surface area contributed by atoms with Crippen molar-refractivity contribution in [1.82, 2.24) is 15.6 Å². The van der Waals surface area contributed by atoms with Crippen LogP contribution in [-0.4, -0.2) is 30.0 Å². The summed E-state index contributed by atoms with van der Waals surface area (Å²) < 4.78 is 5.04. The fourth-order valence-corrected chi connectivity index (χ4v) is 2.37. The minimum Gasteiger partial charge on any atom is -0.438 e. The molecule has 1 saturated heterocycles. The second kappa shape index (κ2) is 5.25. The molecule has 96 valence electrons. The van der Waals surface area contributed by atoms with Gasteiger partial charge in [-0.15, -0.1) is 24.8 Å². The van der Waals surface area contributed by atoms with Gasteiger partial charge in [0, 0.05) is 19.1 Å². The van der Waals surface area contributed by atoms with Crippen molar-refractivity contribution >= 4 is 30.7 Å². The van der Waals surface area contributed by atoms with Crippen molar-refractivity contribution in [3.05, 3.63) is 17.8 Å². The molecule has 2 aliphatic rings. The molecule has 7 heteroatoms. The number of aromatic nitrogens is 1. The molecule has 1 amide bonds. The van der Waals surface area contributed by atoms with Crippen molar-refractivity contribution in [2.75, 3.05) is 13.1 Å². The Morgan fingerprint density at radius 1 is 1.47 bits per heavy atom. The molecule has 2 atom stereocenters. The molecule has 2 unspecified atom stereocenters. The van der Waals surface area contributed by atoms with Gasteiger partial charge >= 0.3 is 0 Å². The number of hydrogen-bond acceptors (Lipinski definition) is 4. The predicted molar refractivity (Wildman–Crippen MR) is 66.8 cm³/mol. The number of nitrogens with zero attached hydrogens (tertiary/aromatic N) is 1. The lowest BCUT2D eigenvalue weighted by Gasteiger charge is -2.05. The molecule has 17 heavy (non-hydrogen) atoms. The fourth-order valence-electron chi connectivity index (χ4n) is 2.37. The van der Waals surface area contributed by atoms with Gasteiger partial charge in [0.2, 0.25) is 5.76 Å². The molecule has 1 aromatic rings. The van der Waals surface area contributed by atoms with E-state index in [1.54, 1.807) is 6.92 Å². The number of nitrogens with one attached hydrogen (secondary N) is 2. The molecule has 1 saturated carbocycles. The van der Waals surface area contributed by atoms with E-state index in [2.05, 4.69) is 15.6 Å². The van der Waals surface area contributed by atoms with Gasteiger partial charge in [-0.3, -0.25) is 4.79 Å². The molecule has 5 nitrogen and oxygen atoms in total. The summed E-state index contributed by atoms with van der Waals surface area (Å²) in [6, 6.07) is 0.336. The van der Waals surface area contributed by atoms with Gasteiger partial charge < -0.3 is 15.1 Å². The summed E-state index contributed by atoms with van der Waals surface area (Å²) in [5.74, 6) is 1.45. The Bertz CT molecular complexity index is 400. The normalized spacial score (nSPS) is 28.6. The summed E-state index contributed by atoms with van der Waals surface area (Å²) in [7, 11) is 0. The lowest BCUT2D eigenvalue weighted by molar-refractivity contribution is 0.0918. The smallest absolute Gasteiger partial charge is 0.289 e. The largest absolute Gasteiger partial charge is 0.438 e. The van der Waals surface area contributed by atoms with Crippen LogP contribution >= 0.6 is 24.8 Å². The van der Waals surface area contributed by atoms with Crippen LogP contribution in [-0.2, 0) is 0 Å². The number of piperidine rings is 1. The number of fused-ring (bicyclic) bond motifs is 1. The maximum Gasteiger partial charge on any atom is 0.289 e. The molecule has 2 N–H and O–H groups in total. The van der Waals surface area contributed by atoms with Crippen LogP contribution in [0.4, 0.5) is 0 Å². The van der Waals surface area contributed by atoms with Crippen molar-refractivity contribution in [1.29, 1.82) is 0 Å². The molecule has 0 bridgehead atoms. The highest BCUT2D eigenvalue weighted by Crippen LogP contribution is 2.41. The minimum absolute atomic E-state index is 0. The topological polar surface area (TPSA) is 67.2 Å². The highest BCUT2D eigenvalue weighted by Gasteiger charge is 2.53. The Labute approximate surface area is 112 Å². The van der Waals surface area contributed by atoms with Gasteiger partial charge in [0.15, 0.2) is 6.39 Å². The average molecular weight is 280 g/mol. The summed E-state index contributed by atoms with van der Waals surface area (Å²) in [5, 5.41) is 6.27. The van der Waals surface area contributed by atoms with Gasteiger partial charge in [0.25, 0.3) is 5.91 Å². The third kappa shape index (κ3) is 2.41. The van der Waals surface area contributed by atoms with Gasteiger partial charge in [-0.2, -0.15) is 0 Å². The standard InChI is InChI=1S/C10H13N3O2.2ClH/c1-5-9(15-4-12-5)10(14)13-8-6-2-11-3-7(6)8;;/h4,6-8,11H,2-3H2,1H3,(H,13,14);2*1H. The van der Waals surface area contributed by atoms with Crippen LogP contribution in [0.2, 0.25) is 0 Å². The summed E-state index contributed by atoms with van der Waals surface area (Å²) in [5.41, 5.74) is 0.649. The van der Waals surface area contributed by atoms with Crippen LogP contribution in [0.15, 0.2) is 10.8 Å². The van der Waals surface area contributed by atoms with Crippen LogP contribution in [0.3, 0.4) is 0 Å². The van der Waals surface area contributed by atoms with Crippen molar-refractivity contribution in [2.45, 2.75) is 13.0 Å². The Morgan fingerprint density at radius 2 is 2.12 bits per heavy atom. The van der Waals surface area contributed by atoms with Crippen LogP contribution in [0, 0.1) is 18.8 Å². The first-order valence-corrected chi connectivity index (χ1v) is 5.19. The van der Waals surface area contributed by atoms with Crippen LogP contribution in [0.1, 0.15) is 16.2 Å². The number of halogens is 2. The van der Waals surface area contributed by atoms with Crippen molar-refractivity contribution in [2.24, 2.45) is 11.8 Å². The van der Waals surface area contributed by atoms with Gasteiger partial charge in [0.05, 0.1) is 5.69 Å². The van der Waals surface area contributed by atoms with E-state index < -0.39 is 0 Å². The number of hydrogen-bond donors (Lipinski definition) is 2. The molecular weight excluding hydrogens is 265 g/mol. The summed E-state index contributed by atoms with van der Waals surface area (Å²) in [4.78, 5) is 15.6. The molecular formula is C10H15Cl2N3O2. The Balaban J connectivity index is 0.000000722. The highest BCUT2D eigenvalue weighted by molar-refractivity contribution is 5.92. The van der Waals surface area contributed by atoms with E-state index in [9.17, 15) is 4.79 Å². The third-order valence-corrected chi connectivity index (χ3v) is 3.34. The van der Waals surface area contributed by atoms with Crippen LogP contribution < -0.4 is 10.6 Å². The van der Waals surface area contributed by atoms with Gasteiger partial charge in [-0.25, -0.2) is 4.98 Å². The molecule has 1 aliphatic heterocycles. The fraction of sp³-hybridized carbons (Fsp3) is 0.600. The van der Waals surface area contributed by atoms with E-state index in [4.69, 9.17) is 4.42 Å². The monoisotopic (exact) mass is 279 g/mol. The second-order valence-corrected chi connectivity index (χ2v) is 4.25.